The molecular weight excluding hydrogens is 790 g/mol. The van der Waals surface area contributed by atoms with Gasteiger partial charge in [-0.1, -0.05) is 73.5 Å². The minimum absolute atomic E-state index is 0.114. The number of aromatic hydroxyl groups is 2. The molecule has 5 rings (SSSR count). The lowest BCUT2D eigenvalue weighted by atomic mass is 9.87. The Morgan fingerprint density at radius 3 is 2.08 bits per heavy atom. The van der Waals surface area contributed by atoms with Crippen LogP contribution in [0.1, 0.15) is 79.4 Å². The van der Waals surface area contributed by atoms with E-state index in [0.29, 0.717) is 42.0 Å². The van der Waals surface area contributed by atoms with E-state index < -0.39 is 78.3 Å². The third-order valence-electron chi connectivity index (χ3n) is 10.8. The van der Waals surface area contributed by atoms with Crippen molar-refractivity contribution in [3.05, 3.63) is 107 Å². The van der Waals surface area contributed by atoms with Crippen molar-refractivity contribution in [2.75, 3.05) is 13.6 Å². The van der Waals surface area contributed by atoms with Crippen molar-refractivity contribution in [3.8, 4) is 33.8 Å². The molecule has 0 saturated heterocycles. The third-order valence-corrected chi connectivity index (χ3v) is 11.1. The first-order valence-corrected chi connectivity index (χ1v) is 20.1. The number of ketones is 4. The monoisotopic (exact) mass is 837 g/mol. The number of halogens is 1. The van der Waals surface area contributed by atoms with Gasteiger partial charge < -0.3 is 31.3 Å². The van der Waals surface area contributed by atoms with E-state index in [-0.39, 0.29) is 46.8 Å². The predicted molar refractivity (Wildman–Crippen MR) is 224 cm³/mol. The lowest BCUT2D eigenvalue weighted by Crippen LogP contribution is -2.46. The Morgan fingerprint density at radius 1 is 0.833 bits per heavy atom. The standard InChI is InChI=1S/C46H48ClN3O10/c1-26-21-42(56)43(50(2)45(58)32(5-3-4-20-48)25-41(55)30-9-7-28(8-10-30)29-11-14-33(47)15-12-29)31-13-17-38(52)35(24-31)34-22-27(6-16-37(34)51)23-36(49-44(26)57)39(53)18-19-40(54)46(59)60/h6-17,22,24,26,32,36,43,51-52H,3-5,18-21,23,25,48H2,1-2H3,(H,49,57)(H,59,60)/t26-,32-,36+,43+/m1/s1. The minimum atomic E-state index is -1.69. The Balaban J connectivity index is 1.49. The maximum atomic E-state index is 14.6. The van der Waals surface area contributed by atoms with Crippen LogP contribution in [0.3, 0.4) is 0 Å². The van der Waals surface area contributed by atoms with Gasteiger partial charge in [-0.05, 0) is 84.5 Å². The summed E-state index contributed by atoms with van der Waals surface area (Å²) in [5.74, 6) is -7.89. The SMILES string of the molecule is C[C@@H]1CC(=O)[C@@H](N(C)C(=O)[C@H](CCCCN)CC(=O)c2ccc(-c3ccc(Cl)cc3)cc2)c2ccc(O)c(c2)-c2cc(ccc2O)C[C@@H](C(=O)CCC(=O)C(=O)O)NC1=O. The molecule has 4 bridgehead atoms. The number of nitrogens with two attached hydrogens (primary N) is 1. The molecule has 2 amide bonds. The number of hydrogen-bond acceptors (Lipinski definition) is 10. The summed E-state index contributed by atoms with van der Waals surface area (Å²) in [7, 11) is 1.44. The molecule has 0 unspecified atom stereocenters. The zero-order chi connectivity index (χ0) is 43.7. The van der Waals surface area contributed by atoms with Crippen LogP contribution in [-0.4, -0.2) is 80.8 Å². The highest BCUT2D eigenvalue weighted by Crippen LogP contribution is 2.40. The second kappa shape index (κ2) is 20.2. The van der Waals surface area contributed by atoms with Crippen molar-refractivity contribution < 1.29 is 48.9 Å². The summed E-state index contributed by atoms with van der Waals surface area (Å²) < 4.78 is 0. The molecule has 0 aliphatic carbocycles. The molecule has 13 nitrogen and oxygen atoms in total. The molecular formula is C46H48ClN3O10. The van der Waals surface area contributed by atoms with Crippen LogP contribution < -0.4 is 11.1 Å². The number of rotatable bonds is 15. The molecule has 0 radical (unpaired) electrons. The summed E-state index contributed by atoms with van der Waals surface area (Å²) >= 11 is 6.04. The van der Waals surface area contributed by atoms with E-state index in [2.05, 4.69) is 5.32 Å². The maximum Gasteiger partial charge on any atom is 0.372 e. The average Bonchev–Trinajstić information content (AvgIpc) is 3.23. The molecule has 4 aromatic rings. The number of unbranched alkanes of at least 4 members (excludes halogenated alkanes) is 1. The van der Waals surface area contributed by atoms with Crippen molar-refractivity contribution >= 4 is 52.5 Å². The van der Waals surface area contributed by atoms with Crippen LogP contribution in [0.15, 0.2) is 84.9 Å². The van der Waals surface area contributed by atoms with Gasteiger partial charge in [0.15, 0.2) is 17.3 Å². The summed E-state index contributed by atoms with van der Waals surface area (Å²) in [4.78, 5) is 94.0. The fraction of sp³-hybridized carbons (Fsp3) is 0.326. The first-order valence-electron chi connectivity index (χ1n) is 19.7. The fourth-order valence-corrected chi connectivity index (χ4v) is 7.53. The maximum absolute atomic E-state index is 14.6. The Kier molecular flexibility index (Phi) is 15.1. The van der Waals surface area contributed by atoms with E-state index in [1.807, 2.05) is 24.3 Å². The van der Waals surface area contributed by atoms with Crippen LogP contribution in [0.25, 0.3) is 22.3 Å². The van der Waals surface area contributed by atoms with Crippen molar-refractivity contribution in [3.63, 3.8) is 0 Å². The molecule has 1 aliphatic rings. The van der Waals surface area contributed by atoms with Gasteiger partial charge in [0.05, 0.1) is 6.04 Å². The zero-order valence-electron chi connectivity index (χ0n) is 33.4. The van der Waals surface area contributed by atoms with Crippen LogP contribution >= 0.6 is 11.6 Å². The molecule has 4 atom stereocenters. The molecule has 0 fully saturated rings. The number of carboxylic acid groups (broad SMARTS) is 1. The highest BCUT2D eigenvalue weighted by Gasteiger charge is 2.36. The predicted octanol–water partition coefficient (Wildman–Crippen LogP) is 6.24. The molecule has 4 aromatic carbocycles. The number of Topliss-reactive ketones (excluding diaryl/α,β-unsaturated/α-hetero) is 4. The molecule has 0 saturated carbocycles. The molecule has 14 heteroatoms. The van der Waals surface area contributed by atoms with Gasteiger partial charge in [0.25, 0.3) is 0 Å². The Morgan fingerprint density at radius 2 is 1.45 bits per heavy atom. The molecule has 6 N–H and O–H groups in total. The van der Waals surface area contributed by atoms with Crippen LogP contribution in [0.5, 0.6) is 11.5 Å². The van der Waals surface area contributed by atoms with E-state index >= 15 is 0 Å². The molecule has 1 aliphatic heterocycles. The van der Waals surface area contributed by atoms with E-state index in [1.54, 1.807) is 24.3 Å². The number of nitrogens with one attached hydrogen (secondary N) is 1. The summed E-state index contributed by atoms with van der Waals surface area (Å²) in [6.07, 6.45) is -0.318. The first-order chi connectivity index (χ1) is 28.6. The van der Waals surface area contributed by atoms with E-state index in [1.165, 1.54) is 55.3 Å². The number of benzene rings is 4. The largest absolute Gasteiger partial charge is 0.507 e. The minimum Gasteiger partial charge on any atom is -0.507 e. The van der Waals surface area contributed by atoms with Gasteiger partial charge in [0.1, 0.15) is 17.5 Å². The fourth-order valence-electron chi connectivity index (χ4n) is 7.41. The highest BCUT2D eigenvalue weighted by molar-refractivity contribution is 6.33. The number of aliphatic carboxylic acids is 1. The number of nitrogens with zero attached hydrogens (tertiary/aromatic N) is 1. The normalized spacial score (nSPS) is 17.2. The first kappa shape index (κ1) is 44.9. The number of carboxylic acids is 1. The lowest BCUT2D eigenvalue weighted by molar-refractivity contribution is -0.149. The van der Waals surface area contributed by atoms with Gasteiger partial charge in [-0.15, -0.1) is 0 Å². The average molecular weight is 838 g/mol. The van der Waals surface area contributed by atoms with Crippen molar-refractivity contribution in [1.29, 1.82) is 0 Å². The summed E-state index contributed by atoms with van der Waals surface area (Å²) in [6, 6.07) is 20.4. The van der Waals surface area contributed by atoms with E-state index in [4.69, 9.17) is 22.4 Å². The number of phenolic OH excluding ortho intramolecular Hbond substituents is 2. The van der Waals surface area contributed by atoms with Gasteiger partial charge in [0.2, 0.25) is 17.6 Å². The second-order valence-electron chi connectivity index (χ2n) is 15.2. The number of phenols is 2. The van der Waals surface area contributed by atoms with Gasteiger partial charge in [-0.2, -0.15) is 0 Å². The van der Waals surface area contributed by atoms with Crippen LogP contribution in [0.4, 0.5) is 0 Å². The quantitative estimate of drug-likeness (QED) is 0.0512. The van der Waals surface area contributed by atoms with Crippen LogP contribution in [-0.2, 0) is 35.2 Å². The Labute approximate surface area is 352 Å². The number of hydrogen-bond donors (Lipinski definition) is 5. The molecule has 314 valence electrons. The highest BCUT2D eigenvalue weighted by atomic mass is 35.5. The number of amides is 2. The summed E-state index contributed by atoms with van der Waals surface area (Å²) in [5.41, 5.74) is 8.94. The third kappa shape index (κ3) is 11.1. The molecule has 60 heavy (non-hydrogen) atoms. The lowest BCUT2D eigenvalue weighted by Gasteiger charge is -2.32. The smallest absolute Gasteiger partial charge is 0.372 e. The van der Waals surface area contributed by atoms with Crippen molar-refractivity contribution in [2.24, 2.45) is 17.6 Å². The Hall–Kier alpha value is -6.18. The van der Waals surface area contributed by atoms with E-state index in [9.17, 15) is 43.8 Å². The molecule has 0 aromatic heterocycles. The number of carbonyl (C=O) groups is 7. The van der Waals surface area contributed by atoms with Gasteiger partial charge in [-0.25, -0.2) is 4.79 Å². The molecule has 0 spiro atoms. The zero-order valence-corrected chi connectivity index (χ0v) is 34.1. The summed E-state index contributed by atoms with van der Waals surface area (Å²) in [6.45, 7) is 1.86. The van der Waals surface area contributed by atoms with Gasteiger partial charge in [-0.3, -0.25) is 28.8 Å². The van der Waals surface area contributed by atoms with Crippen molar-refractivity contribution in [2.45, 2.75) is 70.4 Å². The van der Waals surface area contributed by atoms with Crippen molar-refractivity contribution in [1.82, 2.24) is 10.2 Å². The van der Waals surface area contributed by atoms with Crippen LogP contribution in [0.2, 0.25) is 5.02 Å². The number of carbonyl (C=O) groups excluding carboxylic acids is 6. The number of fused-ring (bicyclic) bond motifs is 5. The van der Waals surface area contributed by atoms with Gasteiger partial charge >= 0.3 is 5.97 Å². The summed E-state index contributed by atoms with van der Waals surface area (Å²) in [5, 5.41) is 34.4. The van der Waals surface area contributed by atoms with E-state index in [0.717, 1.165) is 11.1 Å². The Bertz CT molecular complexity index is 2270. The van der Waals surface area contributed by atoms with Crippen LogP contribution in [0, 0.1) is 11.8 Å². The molecule has 1 heterocycles. The number of likely N-dealkylation sites (N-methyl/N-ethyl adjacent to an activating group) is 1. The topological polar surface area (TPSA) is 221 Å². The second-order valence-corrected chi connectivity index (χ2v) is 15.6. The van der Waals surface area contributed by atoms with Gasteiger partial charge in [0, 0.05) is 66.3 Å².